The van der Waals surface area contributed by atoms with E-state index in [2.05, 4.69) is 10.1 Å². The highest BCUT2D eigenvalue weighted by molar-refractivity contribution is 7.90. The first-order valence-corrected chi connectivity index (χ1v) is 13.1. The minimum Gasteiger partial charge on any atom is -0.364 e. The van der Waals surface area contributed by atoms with Gasteiger partial charge in [0, 0.05) is 28.8 Å². The largest absolute Gasteiger partial charge is 0.416 e. The summed E-state index contributed by atoms with van der Waals surface area (Å²) in [7, 11) is -3.48. The van der Waals surface area contributed by atoms with Gasteiger partial charge in [0.05, 0.1) is 22.7 Å². The lowest BCUT2D eigenvalue weighted by atomic mass is 10.0. The third-order valence-electron chi connectivity index (χ3n) is 5.93. The van der Waals surface area contributed by atoms with Gasteiger partial charge in [-0.3, -0.25) is 9.59 Å². The molecule has 1 amide bonds. The number of hydrogen-bond acceptors (Lipinski definition) is 6. The van der Waals surface area contributed by atoms with Crippen molar-refractivity contribution in [2.45, 2.75) is 31.5 Å². The quantitative estimate of drug-likeness (QED) is 0.368. The van der Waals surface area contributed by atoms with Crippen molar-refractivity contribution in [1.29, 1.82) is 0 Å². The van der Waals surface area contributed by atoms with Crippen LogP contribution in [-0.2, 0) is 22.6 Å². The molecule has 198 valence electrons. The van der Waals surface area contributed by atoms with E-state index in [1.165, 1.54) is 42.7 Å². The molecule has 0 fully saturated rings. The Morgan fingerprint density at radius 1 is 1.05 bits per heavy atom. The van der Waals surface area contributed by atoms with Crippen LogP contribution in [0.4, 0.5) is 18.9 Å². The number of hydrogen-bond donors (Lipinski definition) is 1. The van der Waals surface area contributed by atoms with Crippen LogP contribution in [0, 0.1) is 13.8 Å². The van der Waals surface area contributed by atoms with Crippen LogP contribution in [0.2, 0.25) is 0 Å². The van der Waals surface area contributed by atoms with Gasteiger partial charge in [0.25, 0.3) is 11.5 Å². The molecule has 0 aliphatic heterocycles. The molecule has 0 atom stereocenters. The van der Waals surface area contributed by atoms with Gasteiger partial charge in [-0.1, -0.05) is 23.4 Å². The monoisotopic (exact) mass is 545 g/mol. The number of rotatable bonds is 6. The minimum atomic E-state index is -4.66. The molecule has 0 aliphatic rings. The van der Waals surface area contributed by atoms with E-state index in [0.717, 1.165) is 29.4 Å². The molecule has 0 bridgehead atoms. The number of aryl methyl sites for hydroxylation is 2. The summed E-state index contributed by atoms with van der Waals surface area (Å²) < 4.78 is 69.0. The maximum absolute atomic E-state index is 13.8. The number of nitrogens with zero attached hydrogens (tertiary/aromatic N) is 2. The number of sulfone groups is 1. The van der Waals surface area contributed by atoms with Gasteiger partial charge in [0.2, 0.25) is 0 Å². The summed E-state index contributed by atoms with van der Waals surface area (Å²) >= 11 is 0. The van der Waals surface area contributed by atoms with E-state index in [4.69, 9.17) is 4.52 Å². The van der Waals surface area contributed by atoms with Crippen LogP contribution in [-0.4, -0.2) is 30.7 Å². The van der Waals surface area contributed by atoms with Crippen molar-refractivity contribution >= 4 is 21.4 Å². The summed E-state index contributed by atoms with van der Waals surface area (Å²) in [6.07, 6.45) is -2.26. The molecule has 0 unspecified atom stereocenters. The van der Waals surface area contributed by atoms with Gasteiger partial charge in [0.15, 0.2) is 9.84 Å². The van der Waals surface area contributed by atoms with Gasteiger partial charge < -0.3 is 14.4 Å². The van der Waals surface area contributed by atoms with Gasteiger partial charge in [-0.25, -0.2) is 8.42 Å². The van der Waals surface area contributed by atoms with Crippen molar-refractivity contribution < 1.29 is 30.9 Å². The third kappa shape index (κ3) is 5.54. The van der Waals surface area contributed by atoms with Crippen LogP contribution in [0.15, 0.2) is 75.1 Å². The Bertz CT molecular complexity index is 1670. The summed E-state index contributed by atoms with van der Waals surface area (Å²) in [5.41, 5.74) is 0.286. The van der Waals surface area contributed by atoms with Crippen molar-refractivity contribution in [2.24, 2.45) is 0 Å². The molecule has 0 radical (unpaired) electrons. The number of benzene rings is 2. The van der Waals surface area contributed by atoms with Crippen molar-refractivity contribution in [3.8, 4) is 11.1 Å². The molecule has 8 nitrogen and oxygen atoms in total. The standard InChI is InChI=1S/C26H22F3N3O5S/c1-15-21(23-14-37-31-16(23)2)12-22(24(33)30-15)25(34)32(19-6-4-5-18(11-19)26(27,28)29)13-17-7-9-20(10-8-17)38(3,35)36/h4-12,14H,13H2,1-3H3,(H,30,33). The van der Waals surface area contributed by atoms with E-state index in [1.807, 2.05) is 0 Å². The van der Waals surface area contributed by atoms with E-state index in [9.17, 15) is 31.2 Å². The van der Waals surface area contributed by atoms with Crippen LogP contribution in [0.1, 0.15) is 32.9 Å². The first kappa shape index (κ1) is 26.9. The second-order valence-corrected chi connectivity index (χ2v) is 10.7. The van der Waals surface area contributed by atoms with Crippen molar-refractivity contribution in [3.05, 3.63) is 99.3 Å². The highest BCUT2D eigenvalue weighted by Crippen LogP contribution is 2.33. The molecule has 0 spiro atoms. The van der Waals surface area contributed by atoms with E-state index in [-0.39, 0.29) is 22.7 Å². The normalized spacial score (nSPS) is 11.9. The Morgan fingerprint density at radius 3 is 2.32 bits per heavy atom. The predicted molar refractivity (Wildman–Crippen MR) is 134 cm³/mol. The molecule has 0 saturated heterocycles. The summed E-state index contributed by atoms with van der Waals surface area (Å²) in [6.45, 7) is 3.07. The molecule has 2 heterocycles. The molecule has 2 aromatic heterocycles. The highest BCUT2D eigenvalue weighted by atomic mass is 32.2. The fourth-order valence-corrected chi connectivity index (χ4v) is 4.54. The van der Waals surface area contributed by atoms with E-state index < -0.39 is 33.0 Å². The van der Waals surface area contributed by atoms with Crippen molar-refractivity contribution in [2.75, 3.05) is 11.2 Å². The number of aromatic amines is 1. The number of amides is 1. The van der Waals surface area contributed by atoms with E-state index >= 15 is 0 Å². The lowest BCUT2D eigenvalue weighted by Crippen LogP contribution is -2.35. The Labute approximate surface area is 215 Å². The first-order valence-electron chi connectivity index (χ1n) is 11.2. The minimum absolute atomic E-state index is 0.0434. The molecule has 4 aromatic rings. The number of anilines is 1. The Hall–Kier alpha value is -4.19. The molecule has 38 heavy (non-hydrogen) atoms. The van der Waals surface area contributed by atoms with Crippen molar-refractivity contribution in [1.82, 2.24) is 10.1 Å². The zero-order chi connectivity index (χ0) is 27.8. The van der Waals surface area contributed by atoms with Crippen LogP contribution < -0.4 is 10.5 Å². The SMILES string of the molecule is Cc1nocc1-c1cc(C(=O)N(Cc2ccc(S(C)(=O)=O)cc2)c2cccc(C(F)(F)F)c2)c(=O)[nH]c1C. The smallest absolute Gasteiger partial charge is 0.364 e. The van der Waals surface area contributed by atoms with Crippen LogP contribution >= 0.6 is 0 Å². The molecule has 0 saturated carbocycles. The Balaban J connectivity index is 1.83. The number of H-pyrrole nitrogens is 1. The number of alkyl halides is 3. The first-order chi connectivity index (χ1) is 17.8. The zero-order valence-corrected chi connectivity index (χ0v) is 21.3. The number of nitrogens with one attached hydrogen (secondary N) is 1. The fraction of sp³-hybridized carbons (Fsp3) is 0.192. The summed E-state index contributed by atoms with van der Waals surface area (Å²) in [5.74, 6) is -0.854. The molecular formula is C26H22F3N3O5S. The zero-order valence-electron chi connectivity index (χ0n) is 20.5. The maximum atomic E-state index is 13.8. The summed E-state index contributed by atoms with van der Waals surface area (Å²) in [5, 5.41) is 3.81. The predicted octanol–water partition coefficient (Wildman–Crippen LogP) is 4.92. The van der Waals surface area contributed by atoms with Gasteiger partial charge in [-0.2, -0.15) is 13.2 Å². The number of carbonyl (C=O) groups excluding carboxylic acids is 1. The average molecular weight is 546 g/mol. The molecular weight excluding hydrogens is 523 g/mol. The Morgan fingerprint density at radius 2 is 1.74 bits per heavy atom. The molecule has 1 N–H and O–H groups in total. The molecule has 12 heteroatoms. The second-order valence-electron chi connectivity index (χ2n) is 8.72. The fourth-order valence-electron chi connectivity index (χ4n) is 3.91. The molecule has 0 aliphatic carbocycles. The number of pyridine rings is 1. The third-order valence-corrected chi connectivity index (χ3v) is 7.06. The van der Waals surface area contributed by atoms with E-state index in [1.54, 1.807) is 13.8 Å². The van der Waals surface area contributed by atoms with Gasteiger partial charge in [0.1, 0.15) is 11.8 Å². The van der Waals surface area contributed by atoms with Crippen LogP contribution in [0.3, 0.4) is 0 Å². The topological polar surface area (TPSA) is 113 Å². The van der Waals surface area contributed by atoms with Crippen LogP contribution in [0.5, 0.6) is 0 Å². The lowest BCUT2D eigenvalue weighted by molar-refractivity contribution is -0.137. The van der Waals surface area contributed by atoms with Gasteiger partial charge >= 0.3 is 6.18 Å². The van der Waals surface area contributed by atoms with E-state index in [0.29, 0.717) is 28.1 Å². The van der Waals surface area contributed by atoms with Crippen LogP contribution in [0.25, 0.3) is 11.1 Å². The lowest BCUT2D eigenvalue weighted by Gasteiger charge is -2.24. The number of aromatic nitrogens is 2. The van der Waals surface area contributed by atoms with Gasteiger partial charge in [-0.05, 0) is 55.8 Å². The summed E-state index contributed by atoms with van der Waals surface area (Å²) in [4.78, 5) is 30.3. The highest BCUT2D eigenvalue weighted by Gasteiger charge is 2.32. The maximum Gasteiger partial charge on any atom is 0.416 e. The van der Waals surface area contributed by atoms with Crippen molar-refractivity contribution in [3.63, 3.8) is 0 Å². The number of halogens is 3. The Kier molecular flexibility index (Phi) is 7.02. The second kappa shape index (κ2) is 9.93. The van der Waals surface area contributed by atoms with Gasteiger partial charge in [-0.15, -0.1) is 0 Å². The number of carbonyl (C=O) groups is 1. The molecule has 4 rings (SSSR count). The average Bonchev–Trinajstić information content (AvgIpc) is 3.27. The summed E-state index contributed by atoms with van der Waals surface area (Å²) in [6, 6.07) is 11.1. The molecule has 2 aromatic carbocycles.